The summed E-state index contributed by atoms with van der Waals surface area (Å²) >= 11 is 0. The number of oxazole rings is 1. The Hall–Kier alpha value is -1.59. The summed E-state index contributed by atoms with van der Waals surface area (Å²) in [7, 11) is 1.59. The summed E-state index contributed by atoms with van der Waals surface area (Å²) in [5, 5.41) is 8.79. The van der Waals surface area contributed by atoms with Gasteiger partial charge >= 0.3 is 0 Å². The van der Waals surface area contributed by atoms with E-state index < -0.39 is 0 Å². The van der Waals surface area contributed by atoms with Crippen LogP contribution in [0.1, 0.15) is 18.4 Å². The number of hydrogen-bond donors (Lipinski definition) is 2. The Labute approximate surface area is 92.8 Å². The van der Waals surface area contributed by atoms with E-state index in [1.165, 1.54) is 0 Å². The van der Waals surface area contributed by atoms with E-state index in [4.69, 9.17) is 20.0 Å². The molecule has 0 spiro atoms. The summed E-state index contributed by atoms with van der Waals surface area (Å²) in [5.74, 6) is 1.16. The summed E-state index contributed by atoms with van der Waals surface area (Å²) < 4.78 is 10.6. The van der Waals surface area contributed by atoms with Crippen LogP contribution in [-0.2, 0) is 0 Å². The second-order valence-electron chi connectivity index (χ2n) is 3.50. The van der Waals surface area contributed by atoms with E-state index in [1.807, 2.05) is 12.1 Å². The van der Waals surface area contributed by atoms with Crippen molar-refractivity contribution in [2.75, 3.05) is 13.7 Å². The Bertz CT molecular complexity index is 481. The minimum Gasteiger partial charge on any atom is -0.497 e. The molecule has 5 nitrogen and oxygen atoms in total. The average Bonchev–Trinajstić information content (AvgIpc) is 2.71. The summed E-state index contributed by atoms with van der Waals surface area (Å²) in [4.78, 5) is 4.25. The van der Waals surface area contributed by atoms with Gasteiger partial charge in [0.1, 0.15) is 11.3 Å². The monoisotopic (exact) mass is 222 g/mol. The van der Waals surface area contributed by atoms with Crippen LogP contribution in [0.2, 0.25) is 0 Å². The van der Waals surface area contributed by atoms with Gasteiger partial charge in [-0.3, -0.25) is 0 Å². The maximum absolute atomic E-state index is 8.79. The summed E-state index contributed by atoms with van der Waals surface area (Å²) in [5.41, 5.74) is 7.17. The van der Waals surface area contributed by atoms with Gasteiger partial charge < -0.3 is 20.0 Å². The lowest BCUT2D eigenvalue weighted by molar-refractivity contribution is 0.268. The maximum Gasteiger partial charge on any atom is 0.212 e. The highest BCUT2D eigenvalue weighted by atomic mass is 16.5. The average molecular weight is 222 g/mol. The molecular weight excluding hydrogens is 208 g/mol. The third-order valence-corrected chi connectivity index (χ3v) is 2.37. The van der Waals surface area contributed by atoms with Crippen molar-refractivity contribution in [3.8, 4) is 5.75 Å². The number of benzene rings is 1. The van der Waals surface area contributed by atoms with E-state index in [2.05, 4.69) is 4.98 Å². The molecular formula is C11H14N2O3. The van der Waals surface area contributed by atoms with Gasteiger partial charge in [-0.2, -0.15) is 0 Å². The molecule has 5 heteroatoms. The predicted molar refractivity (Wildman–Crippen MR) is 59.2 cm³/mol. The van der Waals surface area contributed by atoms with Crippen molar-refractivity contribution >= 4 is 11.1 Å². The Morgan fingerprint density at radius 3 is 3.06 bits per heavy atom. The van der Waals surface area contributed by atoms with Crippen molar-refractivity contribution < 1.29 is 14.3 Å². The van der Waals surface area contributed by atoms with Crippen molar-refractivity contribution in [1.29, 1.82) is 0 Å². The summed E-state index contributed by atoms with van der Waals surface area (Å²) in [6.45, 7) is 0.0171. The molecule has 0 radical (unpaired) electrons. The SMILES string of the molecule is COc1ccc2nc(C(N)CCO)oc2c1. The van der Waals surface area contributed by atoms with E-state index in [1.54, 1.807) is 13.2 Å². The quantitative estimate of drug-likeness (QED) is 0.812. The van der Waals surface area contributed by atoms with Crippen molar-refractivity contribution in [2.45, 2.75) is 12.5 Å². The van der Waals surface area contributed by atoms with Gasteiger partial charge in [-0.15, -0.1) is 0 Å². The van der Waals surface area contributed by atoms with Crippen LogP contribution >= 0.6 is 0 Å². The molecule has 0 amide bonds. The number of ether oxygens (including phenoxy) is 1. The Morgan fingerprint density at radius 2 is 2.38 bits per heavy atom. The highest BCUT2D eigenvalue weighted by Gasteiger charge is 2.13. The van der Waals surface area contributed by atoms with E-state index >= 15 is 0 Å². The van der Waals surface area contributed by atoms with Crippen LogP contribution in [0.15, 0.2) is 22.6 Å². The smallest absolute Gasteiger partial charge is 0.212 e. The third kappa shape index (κ3) is 2.00. The van der Waals surface area contributed by atoms with Crippen LogP contribution < -0.4 is 10.5 Å². The fourth-order valence-electron chi connectivity index (χ4n) is 1.47. The molecule has 1 aromatic heterocycles. The van der Waals surface area contributed by atoms with Gasteiger partial charge in [-0.1, -0.05) is 0 Å². The maximum atomic E-state index is 8.79. The number of aromatic nitrogens is 1. The molecule has 1 heterocycles. The largest absolute Gasteiger partial charge is 0.497 e. The van der Waals surface area contributed by atoms with Crippen molar-refractivity contribution in [2.24, 2.45) is 5.73 Å². The van der Waals surface area contributed by atoms with Crippen LogP contribution in [0.25, 0.3) is 11.1 Å². The van der Waals surface area contributed by atoms with Crippen LogP contribution in [0.5, 0.6) is 5.75 Å². The number of nitrogens with two attached hydrogens (primary N) is 1. The molecule has 0 saturated heterocycles. The molecule has 1 aromatic carbocycles. The van der Waals surface area contributed by atoms with E-state index in [0.717, 1.165) is 5.52 Å². The number of fused-ring (bicyclic) bond motifs is 1. The van der Waals surface area contributed by atoms with Crippen LogP contribution in [-0.4, -0.2) is 23.8 Å². The van der Waals surface area contributed by atoms with Gasteiger partial charge in [0, 0.05) is 12.7 Å². The number of aliphatic hydroxyl groups is 1. The van der Waals surface area contributed by atoms with Gasteiger partial charge in [-0.05, 0) is 18.6 Å². The standard InChI is InChI=1S/C11H14N2O3/c1-15-7-2-3-9-10(6-7)16-11(13-9)8(12)4-5-14/h2-3,6,8,14H,4-5,12H2,1H3. The third-order valence-electron chi connectivity index (χ3n) is 2.37. The van der Waals surface area contributed by atoms with Gasteiger partial charge in [0.15, 0.2) is 5.58 Å². The summed E-state index contributed by atoms with van der Waals surface area (Å²) in [6, 6.07) is 5.01. The summed E-state index contributed by atoms with van der Waals surface area (Å²) in [6.07, 6.45) is 0.434. The van der Waals surface area contributed by atoms with E-state index in [0.29, 0.717) is 23.6 Å². The van der Waals surface area contributed by atoms with Crippen molar-refractivity contribution in [3.63, 3.8) is 0 Å². The van der Waals surface area contributed by atoms with Gasteiger partial charge in [0.25, 0.3) is 0 Å². The van der Waals surface area contributed by atoms with Gasteiger partial charge in [0.2, 0.25) is 5.89 Å². The second kappa shape index (κ2) is 4.51. The zero-order chi connectivity index (χ0) is 11.5. The van der Waals surface area contributed by atoms with Crippen molar-refractivity contribution in [3.05, 3.63) is 24.1 Å². The number of rotatable bonds is 4. The number of methoxy groups -OCH3 is 1. The molecule has 0 saturated carbocycles. The van der Waals surface area contributed by atoms with E-state index in [9.17, 15) is 0 Å². The first-order valence-electron chi connectivity index (χ1n) is 5.05. The predicted octanol–water partition coefficient (Wildman–Crippen LogP) is 1.22. The lowest BCUT2D eigenvalue weighted by Gasteiger charge is -2.02. The van der Waals surface area contributed by atoms with Gasteiger partial charge in [0.05, 0.1) is 13.2 Å². The molecule has 0 aliphatic heterocycles. The fraction of sp³-hybridized carbons (Fsp3) is 0.364. The molecule has 3 N–H and O–H groups in total. The lowest BCUT2D eigenvalue weighted by atomic mass is 10.2. The highest BCUT2D eigenvalue weighted by Crippen LogP contribution is 2.24. The van der Waals surface area contributed by atoms with Crippen LogP contribution in [0, 0.1) is 0 Å². The molecule has 1 unspecified atom stereocenters. The first-order chi connectivity index (χ1) is 7.74. The molecule has 16 heavy (non-hydrogen) atoms. The highest BCUT2D eigenvalue weighted by molar-refractivity contribution is 5.74. The molecule has 2 rings (SSSR count). The Kier molecular flexibility index (Phi) is 3.07. The number of aliphatic hydroxyl groups excluding tert-OH is 1. The molecule has 0 fully saturated rings. The lowest BCUT2D eigenvalue weighted by Crippen LogP contribution is -2.11. The fourth-order valence-corrected chi connectivity index (χ4v) is 1.47. The van der Waals surface area contributed by atoms with Crippen molar-refractivity contribution in [1.82, 2.24) is 4.98 Å². The Morgan fingerprint density at radius 1 is 1.56 bits per heavy atom. The zero-order valence-corrected chi connectivity index (χ0v) is 9.01. The zero-order valence-electron chi connectivity index (χ0n) is 9.01. The topological polar surface area (TPSA) is 81.5 Å². The Balaban J connectivity index is 2.35. The van der Waals surface area contributed by atoms with E-state index in [-0.39, 0.29) is 12.6 Å². The first-order valence-corrected chi connectivity index (χ1v) is 5.05. The second-order valence-corrected chi connectivity index (χ2v) is 3.50. The minimum atomic E-state index is -0.372. The van der Waals surface area contributed by atoms with Gasteiger partial charge in [-0.25, -0.2) is 4.98 Å². The molecule has 2 aromatic rings. The number of nitrogens with zero attached hydrogens (tertiary/aromatic N) is 1. The molecule has 0 bridgehead atoms. The van der Waals surface area contributed by atoms with Crippen LogP contribution in [0.3, 0.4) is 0 Å². The molecule has 86 valence electrons. The molecule has 1 atom stereocenters. The molecule has 0 aliphatic carbocycles. The number of hydrogen-bond acceptors (Lipinski definition) is 5. The van der Waals surface area contributed by atoms with Crippen LogP contribution in [0.4, 0.5) is 0 Å². The minimum absolute atomic E-state index is 0.0171. The normalized spacial score (nSPS) is 12.9. The molecule has 0 aliphatic rings. The first kappa shape index (κ1) is 10.9.